The number of fused-ring (bicyclic) bond motifs is 1. The van der Waals surface area contributed by atoms with Gasteiger partial charge in [-0.25, -0.2) is 4.31 Å². The number of carbonyl (C=O) groups excluding carboxylic acids is 2. The van der Waals surface area contributed by atoms with Crippen LogP contribution in [-0.4, -0.2) is 36.3 Å². The first-order valence-electron chi connectivity index (χ1n) is 10.3. The van der Waals surface area contributed by atoms with Crippen molar-refractivity contribution in [3.05, 3.63) is 58.1 Å². The quantitative estimate of drug-likeness (QED) is 0.264. The number of ether oxygens (including phenoxy) is 1. The third-order valence-corrected chi connectivity index (χ3v) is 6.46. The molecule has 7 heteroatoms. The first-order valence-corrected chi connectivity index (χ1v) is 11.8. The van der Waals surface area contributed by atoms with Crippen LogP contribution in [0.5, 0.6) is 0 Å². The molecule has 0 aliphatic carbocycles. The van der Waals surface area contributed by atoms with Crippen LogP contribution in [0, 0.1) is 0 Å². The van der Waals surface area contributed by atoms with Crippen LogP contribution in [-0.2, 0) is 27.4 Å². The zero-order chi connectivity index (χ0) is 21.9. The number of carbonyl (C=O) groups is 2. The van der Waals surface area contributed by atoms with Gasteiger partial charge in [0.15, 0.2) is 0 Å². The monoisotopic (exact) mass is 492 g/mol. The average Bonchev–Trinajstić information content (AvgIpc) is 3.16. The van der Waals surface area contributed by atoms with Crippen molar-refractivity contribution in [2.75, 3.05) is 24.5 Å². The van der Waals surface area contributed by atoms with E-state index in [2.05, 4.69) is 28.9 Å². The van der Waals surface area contributed by atoms with E-state index in [0.717, 1.165) is 52.0 Å². The minimum Gasteiger partial charge on any atom is -0.460 e. The Bertz CT molecular complexity index is 833. The Morgan fingerprint density at radius 2 is 2.00 bits per heavy atom. The lowest BCUT2D eigenvalue weighted by Crippen LogP contribution is -2.26. The van der Waals surface area contributed by atoms with E-state index in [-0.39, 0.29) is 19.1 Å². The maximum atomic E-state index is 12.3. The second-order valence-corrected chi connectivity index (χ2v) is 8.55. The van der Waals surface area contributed by atoms with E-state index in [0.29, 0.717) is 6.54 Å². The number of nitrogens with zero attached hydrogens (tertiary/aromatic N) is 2. The topological polar surface area (TPSA) is 49.9 Å². The van der Waals surface area contributed by atoms with Gasteiger partial charge in [-0.05, 0) is 64.0 Å². The SMILES string of the molecule is CC.CCCN(CC(=O)OCc1ccccc1)Sc1cc2c(cc1Br)CCN2C=O. The predicted octanol–water partition coefficient (Wildman–Crippen LogP) is 5.46. The third kappa shape index (κ3) is 6.86. The number of anilines is 1. The van der Waals surface area contributed by atoms with Crippen molar-refractivity contribution in [2.45, 2.75) is 45.1 Å². The van der Waals surface area contributed by atoms with Crippen molar-refractivity contribution < 1.29 is 14.3 Å². The molecule has 30 heavy (non-hydrogen) atoms. The fourth-order valence-corrected chi connectivity index (χ4v) is 4.71. The van der Waals surface area contributed by atoms with Gasteiger partial charge in [-0.2, -0.15) is 0 Å². The smallest absolute Gasteiger partial charge is 0.321 e. The van der Waals surface area contributed by atoms with Crippen LogP contribution < -0.4 is 4.90 Å². The van der Waals surface area contributed by atoms with Gasteiger partial charge in [-0.1, -0.05) is 51.1 Å². The predicted molar refractivity (Wildman–Crippen MR) is 127 cm³/mol. The number of esters is 1. The van der Waals surface area contributed by atoms with Gasteiger partial charge in [-0.15, -0.1) is 0 Å². The Hall–Kier alpha value is -1.83. The van der Waals surface area contributed by atoms with E-state index in [9.17, 15) is 9.59 Å². The lowest BCUT2D eigenvalue weighted by atomic mass is 10.2. The normalized spacial score (nSPS) is 12.2. The van der Waals surface area contributed by atoms with E-state index in [1.165, 1.54) is 11.9 Å². The average molecular weight is 493 g/mol. The molecule has 1 aliphatic heterocycles. The largest absolute Gasteiger partial charge is 0.460 e. The summed E-state index contributed by atoms with van der Waals surface area (Å²) >= 11 is 5.14. The fourth-order valence-electron chi connectivity index (χ4n) is 3.07. The summed E-state index contributed by atoms with van der Waals surface area (Å²) in [6, 6.07) is 13.7. The van der Waals surface area contributed by atoms with Crippen LogP contribution in [0.2, 0.25) is 0 Å². The Kier molecular flexibility index (Phi) is 10.4. The van der Waals surface area contributed by atoms with Crippen molar-refractivity contribution >= 4 is 45.9 Å². The molecule has 2 aromatic carbocycles. The molecule has 0 N–H and O–H groups in total. The molecular formula is C23H29BrN2O3S. The number of benzene rings is 2. The summed E-state index contributed by atoms with van der Waals surface area (Å²) in [6.45, 7) is 8.03. The standard InChI is InChI=1S/C21H23BrN2O3S.C2H6/c1-2-9-24(13-21(26)27-14-16-6-4-3-5-7-16)28-20-12-19-17(11-18(20)22)8-10-23(19)15-25;1-2/h3-7,11-12,15H,2,8-10,13-14H2,1H3;1-2H3. The molecule has 0 radical (unpaired) electrons. The first kappa shape index (κ1) is 24.4. The van der Waals surface area contributed by atoms with Crippen LogP contribution in [0.15, 0.2) is 51.8 Å². The van der Waals surface area contributed by atoms with Crippen LogP contribution in [0.1, 0.15) is 38.3 Å². The molecule has 0 bridgehead atoms. The number of hydrogen-bond acceptors (Lipinski definition) is 5. The lowest BCUT2D eigenvalue weighted by molar-refractivity contribution is -0.145. The molecule has 5 nitrogen and oxygen atoms in total. The highest BCUT2D eigenvalue weighted by Crippen LogP contribution is 2.38. The molecule has 0 saturated heterocycles. The molecule has 2 aromatic rings. The van der Waals surface area contributed by atoms with Crippen molar-refractivity contribution in [1.82, 2.24) is 4.31 Å². The number of hydrogen-bond donors (Lipinski definition) is 0. The van der Waals surface area contributed by atoms with Crippen molar-refractivity contribution in [1.29, 1.82) is 0 Å². The summed E-state index contributed by atoms with van der Waals surface area (Å²) in [4.78, 5) is 26.3. The van der Waals surface area contributed by atoms with Crippen LogP contribution in [0.3, 0.4) is 0 Å². The zero-order valence-electron chi connectivity index (χ0n) is 17.8. The molecule has 0 fully saturated rings. The number of rotatable bonds is 9. The summed E-state index contributed by atoms with van der Waals surface area (Å²) in [5, 5.41) is 0. The molecule has 3 rings (SSSR count). The Morgan fingerprint density at radius 1 is 1.27 bits per heavy atom. The number of amides is 1. The highest BCUT2D eigenvalue weighted by atomic mass is 79.9. The van der Waals surface area contributed by atoms with E-state index in [1.54, 1.807) is 4.90 Å². The fraction of sp³-hybridized carbons (Fsp3) is 0.391. The van der Waals surface area contributed by atoms with Crippen LogP contribution in [0.4, 0.5) is 5.69 Å². The second-order valence-electron chi connectivity index (χ2n) is 6.56. The molecule has 162 valence electrons. The van der Waals surface area contributed by atoms with Crippen LogP contribution >= 0.6 is 27.9 Å². The van der Waals surface area contributed by atoms with Gasteiger partial charge >= 0.3 is 5.97 Å². The highest BCUT2D eigenvalue weighted by molar-refractivity contribution is 9.10. The summed E-state index contributed by atoms with van der Waals surface area (Å²) < 4.78 is 8.40. The molecule has 0 unspecified atom stereocenters. The zero-order valence-corrected chi connectivity index (χ0v) is 20.2. The highest BCUT2D eigenvalue weighted by Gasteiger charge is 2.22. The number of halogens is 1. The van der Waals surface area contributed by atoms with E-state index < -0.39 is 0 Å². The van der Waals surface area contributed by atoms with Crippen molar-refractivity contribution in [3.63, 3.8) is 0 Å². The minimum atomic E-state index is -0.253. The molecule has 0 atom stereocenters. The molecule has 1 heterocycles. The molecule has 1 amide bonds. The molecule has 0 aromatic heterocycles. The van der Waals surface area contributed by atoms with Crippen molar-refractivity contribution in [3.8, 4) is 0 Å². The first-order chi connectivity index (χ1) is 14.6. The summed E-state index contributed by atoms with van der Waals surface area (Å²) in [6.07, 6.45) is 2.66. The molecule has 1 aliphatic rings. The van der Waals surface area contributed by atoms with E-state index in [1.807, 2.05) is 54.6 Å². The summed E-state index contributed by atoms with van der Waals surface area (Å²) in [7, 11) is 0. The Labute approximate surface area is 192 Å². The van der Waals surface area contributed by atoms with Crippen molar-refractivity contribution in [2.24, 2.45) is 0 Å². The second kappa shape index (κ2) is 12.8. The Balaban J connectivity index is 0.00000155. The van der Waals surface area contributed by atoms with Gasteiger partial charge in [0, 0.05) is 28.1 Å². The minimum absolute atomic E-state index is 0.201. The molecule has 0 spiro atoms. The summed E-state index contributed by atoms with van der Waals surface area (Å²) in [5.74, 6) is -0.253. The van der Waals surface area contributed by atoms with E-state index in [4.69, 9.17) is 4.74 Å². The van der Waals surface area contributed by atoms with Gasteiger partial charge in [0.1, 0.15) is 13.2 Å². The Morgan fingerprint density at radius 3 is 2.67 bits per heavy atom. The van der Waals surface area contributed by atoms with Gasteiger partial charge in [0.05, 0.1) is 0 Å². The molecular weight excluding hydrogens is 464 g/mol. The maximum absolute atomic E-state index is 12.3. The van der Waals surface area contributed by atoms with Gasteiger partial charge in [0.2, 0.25) is 6.41 Å². The third-order valence-electron chi connectivity index (χ3n) is 4.44. The van der Waals surface area contributed by atoms with Gasteiger partial charge < -0.3 is 9.64 Å². The summed E-state index contributed by atoms with van der Waals surface area (Å²) in [5.41, 5.74) is 3.08. The lowest BCUT2D eigenvalue weighted by Gasteiger charge is -2.21. The van der Waals surface area contributed by atoms with Gasteiger partial charge in [-0.3, -0.25) is 9.59 Å². The maximum Gasteiger partial charge on any atom is 0.321 e. The van der Waals surface area contributed by atoms with Crippen LogP contribution in [0.25, 0.3) is 0 Å². The van der Waals surface area contributed by atoms with E-state index >= 15 is 0 Å². The molecule has 0 saturated carbocycles. The van der Waals surface area contributed by atoms with Gasteiger partial charge in [0.25, 0.3) is 0 Å².